The number of carboxylic acids is 1. The summed E-state index contributed by atoms with van der Waals surface area (Å²) in [6.07, 6.45) is 3.64. The molecule has 0 bridgehead atoms. The SMILES string of the molecule is COc1ccc2c(c1)c(CN1CCC(C(=O)O)CC1)cn2C. The quantitative estimate of drug-likeness (QED) is 0.943. The number of nitrogens with zero attached hydrogens (tertiary/aromatic N) is 2. The van der Waals surface area contributed by atoms with Gasteiger partial charge in [-0.2, -0.15) is 0 Å². The van der Waals surface area contributed by atoms with Crippen molar-refractivity contribution in [2.75, 3.05) is 20.2 Å². The zero-order chi connectivity index (χ0) is 15.7. The standard InChI is InChI=1S/C17H22N2O3/c1-18-10-13(15-9-14(22-2)3-4-16(15)18)11-19-7-5-12(6-8-19)17(20)21/h3-4,9-10,12H,5-8,11H2,1-2H3,(H,20,21). The number of likely N-dealkylation sites (tertiary alicyclic amines) is 1. The molecule has 1 N–H and O–H groups in total. The first-order chi connectivity index (χ1) is 10.6. The fraction of sp³-hybridized carbons (Fsp3) is 0.471. The molecule has 1 aromatic heterocycles. The largest absolute Gasteiger partial charge is 0.497 e. The smallest absolute Gasteiger partial charge is 0.306 e. The molecule has 0 aliphatic carbocycles. The van der Waals surface area contributed by atoms with Crippen LogP contribution in [-0.2, 0) is 18.4 Å². The van der Waals surface area contributed by atoms with Gasteiger partial charge in [0.1, 0.15) is 5.75 Å². The number of carbonyl (C=O) groups is 1. The van der Waals surface area contributed by atoms with Crippen LogP contribution < -0.4 is 4.74 Å². The molecule has 1 fully saturated rings. The van der Waals surface area contributed by atoms with Crippen LogP contribution in [0.4, 0.5) is 0 Å². The summed E-state index contributed by atoms with van der Waals surface area (Å²) in [4.78, 5) is 13.4. The van der Waals surface area contributed by atoms with Crippen LogP contribution in [0.15, 0.2) is 24.4 Å². The van der Waals surface area contributed by atoms with Gasteiger partial charge in [-0.15, -0.1) is 0 Å². The molecule has 118 valence electrons. The van der Waals surface area contributed by atoms with Gasteiger partial charge in [-0.3, -0.25) is 9.69 Å². The van der Waals surface area contributed by atoms with Gasteiger partial charge in [-0.1, -0.05) is 0 Å². The number of methoxy groups -OCH3 is 1. The molecule has 5 heteroatoms. The van der Waals surface area contributed by atoms with Gasteiger partial charge in [-0.05, 0) is 49.7 Å². The summed E-state index contributed by atoms with van der Waals surface area (Å²) in [5.74, 6) is 0.0305. The molecule has 1 aromatic carbocycles. The summed E-state index contributed by atoms with van der Waals surface area (Å²) in [5.41, 5.74) is 2.46. The lowest BCUT2D eigenvalue weighted by Gasteiger charge is -2.29. The summed E-state index contributed by atoms with van der Waals surface area (Å²) < 4.78 is 7.46. The van der Waals surface area contributed by atoms with Crippen molar-refractivity contribution < 1.29 is 14.6 Å². The molecule has 1 saturated heterocycles. The van der Waals surface area contributed by atoms with Gasteiger partial charge in [0.2, 0.25) is 0 Å². The summed E-state index contributed by atoms with van der Waals surface area (Å²) in [6.45, 7) is 2.55. The van der Waals surface area contributed by atoms with E-state index < -0.39 is 5.97 Å². The van der Waals surface area contributed by atoms with Crippen LogP contribution in [0.2, 0.25) is 0 Å². The number of aryl methyl sites for hydroxylation is 1. The predicted octanol–water partition coefficient (Wildman–Crippen LogP) is 2.48. The molecule has 0 radical (unpaired) electrons. The van der Waals surface area contributed by atoms with Crippen molar-refractivity contribution in [2.24, 2.45) is 13.0 Å². The highest BCUT2D eigenvalue weighted by Crippen LogP contribution is 2.27. The van der Waals surface area contributed by atoms with Gasteiger partial charge in [0.25, 0.3) is 0 Å². The van der Waals surface area contributed by atoms with Crippen molar-refractivity contribution in [1.82, 2.24) is 9.47 Å². The Labute approximate surface area is 130 Å². The highest BCUT2D eigenvalue weighted by atomic mass is 16.5. The first-order valence-corrected chi connectivity index (χ1v) is 7.65. The third kappa shape index (κ3) is 2.81. The third-order valence-corrected chi connectivity index (χ3v) is 4.61. The molecule has 5 nitrogen and oxygen atoms in total. The molecular weight excluding hydrogens is 280 g/mol. The fourth-order valence-electron chi connectivity index (χ4n) is 3.28. The number of fused-ring (bicyclic) bond motifs is 1. The van der Waals surface area contributed by atoms with E-state index in [4.69, 9.17) is 9.84 Å². The Balaban J connectivity index is 1.78. The second-order valence-corrected chi connectivity index (χ2v) is 6.04. The minimum Gasteiger partial charge on any atom is -0.497 e. The Morgan fingerprint density at radius 3 is 2.73 bits per heavy atom. The number of benzene rings is 1. The molecule has 0 unspecified atom stereocenters. The maximum Gasteiger partial charge on any atom is 0.306 e. The molecule has 0 saturated carbocycles. The Kier molecular flexibility index (Phi) is 4.07. The maximum atomic E-state index is 11.0. The molecular formula is C17H22N2O3. The van der Waals surface area contributed by atoms with Crippen LogP contribution in [0, 0.1) is 5.92 Å². The number of aromatic nitrogens is 1. The Morgan fingerprint density at radius 1 is 1.36 bits per heavy atom. The molecule has 0 atom stereocenters. The zero-order valence-corrected chi connectivity index (χ0v) is 13.1. The molecule has 2 heterocycles. The molecule has 22 heavy (non-hydrogen) atoms. The van der Waals surface area contributed by atoms with Crippen molar-refractivity contribution in [2.45, 2.75) is 19.4 Å². The van der Waals surface area contributed by atoms with Gasteiger partial charge >= 0.3 is 5.97 Å². The molecule has 2 aromatic rings. The molecule has 3 rings (SSSR count). The van der Waals surface area contributed by atoms with Crippen molar-refractivity contribution in [3.63, 3.8) is 0 Å². The second-order valence-electron chi connectivity index (χ2n) is 6.04. The maximum absolute atomic E-state index is 11.0. The number of piperidine rings is 1. The number of hydrogen-bond acceptors (Lipinski definition) is 3. The van der Waals surface area contributed by atoms with E-state index in [-0.39, 0.29) is 5.92 Å². The average molecular weight is 302 g/mol. The van der Waals surface area contributed by atoms with E-state index in [1.54, 1.807) is 7.11 Å². The number of carboxylic acid groups (broad SMARTS) is 1. The highest BCUT2D eigenvalue weighted by molar-refractivity contribution is 5.85. The van der Waals surface area contributed by atoms with Crippen LogP contribution in [0.25, 0.3) is 10.9 Å². The lowest BCUT2D eigenvalue weighted by atomic mass is 9.97. The Hall–Kier alpha value is -2.01. The summed E-state index contributed by atoms with van der Waals surface area (Å²) in [5, 5.41) is 10.3. The summed E-state index contributed by atoms with van der Waals surface area (Å²) in [7, 11) is 3.73. The fourth-order valence-corrected chi connectivity index (χ4v) is 3.28. The van der Waals surface area contributed by atoms with Gasteiger partial charge in [0, 0.05) is 30.7 Å². The predicted molar refractivity (Wildman–Crippen MR) is 85.1 cm³/mol. The van der Waals surface area contributed by atoms with E-state index in [1.165, 1.54) is 16.5 Å². The number of aliphatic carboxylic acids is 1. The van der Waals surface area contributed by atoms with Gasteiger partial charge < -0.3 is 14.4 Å². The van der Waals surface area contributed by atoms with Gasteiger partial charge in [0.05, 0.1) is 13.0 Å². The van der Waals surface area contributed by atoms with Crippen molar-refractivity contribution in [1.29, 1.82) is 0 Å². The van der Waals surface area contributed by atoms with Crippen LogP contribution in [-0.4, -0.2) is 40.7 Å². The Bertz CT molecular complexity index is 685. The van der Waals surface area contributed by atoms with Crippen LogP contribution in [0.1, 0.15) is 18.4 Å². The topological polar surface area (TPSA) is 54.7 Å². The molecule has 1 aliphatic heterocycles. The average Bonchev–Trinajstić information content (AvgIpc) is 2.83. The zero-order valence-electron chi connectivity index (χ0n) is 13.1. The van der Waals surface area contributed by atoms with E-state index in [2.05, 4.69) is 34.8 Å². The first-order valence-electron chi connectivity index (χ1n) is 7.65. The molecule has 0 amide bonds. The number of hydrogen-bond donors (Lipinski definition) is 1. The number of ether oxygens (including phenoxy) is 1. The van der Waals surface area contributed by atoms with Crippen LogP contribution >= 0.6 is 0 Å². The molecule has 0 spiro atoms. The summed E-state index contributed by atoms with van der Waals surface area (Å²) in [6, 6.07) is 6.13. The van der Waals surface area contributed by atoms with Crippen molar-refractivity contribution in [3.05, 3.63) is 30.0 Å². The normalized spacial score (nSPS) is 17.0. The van der Waals surface area contributed by atoms with Crippen LogP contribution in [0.5, 0.6) is 5.75 Å². The Morgan fingerprint density at radius 2 is 2.09 bits per heavy atom. The monoisotopic (exact) mass is 302 g/mol. The summed E-state index contributed by atoms with van der Waals surface area (Å²) >= 11 is 0. The number of rotatable bonds is 4. The van der Waals surface area contributed by atoms with E-state index in [1.807, 2.05) is 6.07 Å². The first kappa shape index (κ1) is 14.9. The van der Waals surface area contributed by atoms with E-state index >= 15 is 0 Å². The lowest BCUT2D eigenvalue weighted by Crippen LogP contribution is -2.35. The van der Waals surface area contributed by atoms with E-state index in [0.29, 0.717) is 0 Å². The third-order valence-electron chi connectivity index (χ3n) is 4.61. The van der Waals surface area contributed by atoms with E-state index in [0.717, 1.165) is 38.2 Å². The van der Waals surface area contributed by atoms with Crippen molar-refractivity contribution in [3.8, 4) is 5.75 Å². The van der Waals surface area contributed by atoms with Crippen LogP contribution in [0.3, 0.4) is 0 Å². The van der Waals surface area contributed by atoms with Gasteiger partial charge in [-0.25, -0.2) is 0 Å². The van der Waals surface area contributed by atoms with Crippen molar-refractivity contribution >= 4 is 16.9 Å². The van der Waals surface area contributed by atoms with E-state index in [9.17, 15) is 4.79 Å². The molecule has 1 aliphatic rings. The second kappa shape index (κ2) is 6.01. The minimum atomic E-state index is -0.658. The lowest BCUT2D eigenvalue weighted by molar-refractivity contribution is -0.143. The highest BCUT2D eigenvalue weighted by Gasteiger charge is 2.24. The van der Waals surface area contributed by atoms with Gasteiger partial charge in [0.15, 0.2) is 0 Å². The minimum absolute atomic E-state index is 0.177.